The van der Waals surface area contributed by atoms with Crippen LogP contribution in [0.25, 0.3) is 0 Å². The molecule has 1 aromatic carbocycles. The highest BCUT2D eigenvalue weighted by molar-refractivity contribution is 6.17. The minimum Gasteiger partial charge on any atom is -0.371 e. The van der Waals surface area contributed by atoms with Crippen molar-refractivity contribution < 1.29 is 0 Å². The molecule has 13 heavy (non-hydrogen) atoms. The van der Waals surface area contributed by atoms with Gasteiger partial charge in [-0.05, 0) is 24.5 Å². The second-order valence-corrected chi connectivity index (χ2v) is 3.72. The molecule has 2 heteroatoms. The van der Waals surface area contributed by atoms with Gasteiger partial charge in [0.1, 0.15) is 0 Å². The fourth-order valence-electron chi connectivity index (χ4n) is 1.89. The number of rotatable bonds is 2. The predicted octanol–water partition coefficient (Wildman–Crippen LogP) is 3.03. The number of para-hydroxylation sites is 1. The molecule has 0 aromatic heterocycles. The molecule has 0 saturated carbocycles. The summed E-state index contributed by atoms with van der Waals surface area (Å²) in [4.78, 5) is 2.43. The molecule has 0 radical (unpaired) electrons. The van der Waals surface area contributed by atoms with E-state index >= 15 is 0 Å². The van der Waals surface area contributed by atoms with Crippen molar-refractivity contribution in [3.63, 3.8) is 0 Å². The summed E-state index contributed by atoms with van der Waals surface area (Å²) in [7, 11) is 0. The van der Waals surface area contributed by atoms with Crippen LogP contribution in [-0.4, -0.2) is 13.1 Å². The standard InChI is InChI=1S/C11H14ClN/c12-9-10-5-1-2-6-11(10)13-7-3-4-8-13/h1-2,5-6H,3-4,7-9H2. The summed E-state index contributed by atoms with van der Waals surface area (Å²) in [5.41, 5.74) is 2.58. The maximum Gasteiger partial charge on any atom is 0.0494 e. The molecule has 1 aromatic rings. The number of halogens is 1. The maximum atomic E-state index is 5.88. The van der Waals surface area contributed by atoms with E-state index in [1.54, 1.807) is 0 Å². The number of anilines is 1. The second kappa shape index (κ2) is 4.01. The predicted molar refractivity (Wildman–Crippen MR) is 57.4 cm³/mol. The minimum atomic E-state index is 0.618. The fourth-order valence-corrected chi connectivity index (χ4v) is 2.12. The van der Waals surface area contributed by atoms with E-state index in [2.05, 4.69) is 29.2 Å². The van der Waals surface area contributed by atoms with Crippen LogP contribution in [0.15, 0.2) is 24.3 Å². The lowest BCUT2D eigenvalue weighted by atomic mass is 10.2. The third-order valence-electron chi connectivity index (χ3n) is 2.58. The largest absolute Gasteiger partial charge is 0.371 e. The maximum absolute atomic E-state index is 5.88. The van der Waals surface area contributed by atoms with Crippen molar-refractivity contribution in [2.24, 2.45) is 0 Å². The van der Waals surface area contributed by atoms with Crippen molar-refractivity contribution in [1.29, 1.82) is 0 Å². The molecule has 0 N–H and O–H groups in total. The molecule has 0 amide bonds. The normalized spacial score (nSPS) is 16.5. The molecule has 0 bridgehead atoms. The number of benzene rings is 1. The van der Waals surface area contributed by atoms with Crippen LogP contribution in [0.1, 0.15) is 18.4 Å². The summed E-state index contributed by atoms with van der Waals surface area (Å²) in [5.74, 6) is 0.618. The first-order valence-electron chi connectivity index (χ1n) is 4.80. The minimum absolute atomic E-state index is 0.618. The van der Waals surface area contributed by atoms with E-state index in [1.165, 1.54) is 37.2 Å². The molecule has 0 unspecified atom stereocenters. The molecule has 0 aliphatic carbocycles. The van der Waals surface area contributed by atoms with Crippen LogP contribution < -0.4 is 4.90 Å². The van der Waals surface area contributed by atoms with Crippen molar-refractivity contribution in [2.45, 2.75) is 18.7 Å². The first kappa shape index (κ1) is 8.89. The van der Waals surface area contributed by atoms with E-state index in [9.17, 15) is 0 Å². The van der Waals surface area contributed by atoms with Crippen molar-refractivity contribution in [2.75, 3.05) is 18.0 Å². The zero-order valence-corrected chi connectivity index (χ0v) is 8.43. The van der Waals surface area contributed by atoms with Gasteiger partial charge in [0, 0.05) is 24.7 Å². The molecular weight excluding hydrogens is 182 g/mol. The van der Waals surface area contributed by atoms with Gasteiger partial charge in [0.15, 0.2) is 0 Å². The molecule has 1 aliphatic heterocycles. The van der Waals surface area contributed by atoms with Crippen LogP contribution in [0.2, 0.25) is 0 Å². The third-order valence-corrected chi connectivity index (χ3v) is 2.87. The van der Waals surface area contributed by atoms with E-state index in [-0.39, 0.29) is 0 Å². The molecule has 0 atom stereocenters. The van der Waals surface area contributed by atoms with E-state index < -0.39 is 0 Å². The monoisotopic (exact) mass is 195 g/mol. The lowest BCUT2D eigenvalue weighted by Crippen LogP contribution is -2.18. The smallest absolute Gasteiger partial charge is 0.0494 e. The molecule has 70 valence electrons. The molecule has 1 nitrogen and oxygen atoms in total. The Labute approximate surface area is 84.3 Å². The van der Waals surface area contributed by atoms with Gasteiger partial charge in [0.2, 0.25) is 0 Å². The number of hydrogen-bond acceptors (Lipinski definition) is 1. The number of nitrogens with zero attached hydrogens (tertiary/aromatic N) is 1. The molecule has 0 spiro atoms. The Bertz CT molecular complexity index is 279. The topological polar surface area (TPSA) is 3.24 Å². The van der Waals surface area contributed by atoms with Gasteiger partial charge in [0.05, 0.1) is 0 Å². The Morgan fingerprint density at radius 3 is 2.54 bits per heavy atom. The lowest BCUT2D eigenvalue weighted by Gasteiger charge is -2.20. The molecule has 1 fully saturated rings. The third kappa shape index (κ3) is 1.80. The van der Waals surface area contributed by atoms with Gasteiger partial charge in [0.25, 0.3) is 0 Å². The summed E-state index contributed by atoms with van der Waals surface area (Å²) >= 11 is 5.88. The zero-order chi connectivity index (χ0) is 9.10. The highest BCUT2D eigenvalue weighted by Crippen LogP contribution is 2.25. The molecule has 1 aliphatic rings. The summed E-state index contributed by atoms with van der Waals surface area (Å²) in [5, 5.41) is 0. The Morgan fingerprint density at radius 2 is 1.85 bits per heavy atom. The SMILES string of the molecule is ClCc1ccccc1N1CCCC1. The Kier molecular flexibility index (Phi) is 2.74. The second-order valence-electron chi connectivity index (χ2n) is 3.46. The van der Waals surface area contributed by atoms with Crippen molar-refractivity contribution >= 4 is 17.3 Å². The fraction of sp³-hybridized carbons (Fsp3) is 0.455. The Balaban J connectivity index is 2.26. The van der Waals surface area contributed by atoms with Crippen LogP contribution in [-0.2, 0) is 5.88 Å². The summed E-state index contributed by atoms with van der Waals surface area (Å²) < 4.78 is 0. The van der Waals surface area contributed by atoms with Crippen LogP contribution in [0.3, 0.4) is 0 Å². The first-order chi connectivity index (χ1) is 6.42. The summed E-state index contributed by atoms with van der Waals surface area (Å²) in [6.45, 7) is 2.38. The summed E-state index contributed by atoms with van der Waals surface area (Å²) in [6.07, 6.45) is 2.63. The van der Waals surface area contributed by atoms with Gasteiger partial charge in [-0.15, -0.1) is 11.6 Å². The first-order valence-corrected chi connectivity index (χ1v) is 5.34. The average molecular weight is 196 g/mol. The van der Waals surface area contributed by atoms with Crippen LogP contribution >= 0.6 is 11.6 Å². The van der Waals surface area contributed by atoms with E-state index in [1.807, 2.05) is 0 Å². The van der Waals surface area contributed by atoms with E-state index in [4.69, 9.17) is 11.6 Å². The van der Waals surface area contributed by atoms with Gasteiger partial charge in [-0.2, -0.15) is 0 Å². The molecular formula is C11H14ClN. The summed E-state index contributed by atoms with van der Waals surface area (Å²) in [6, 6.07) is 8.42. The highest BCUT2D eigenvalue weighted by atomic mass is 35.5. The van der Waals surface area contributed by atoms with Gasteiger partial charge in [-0.25, -0.2) is 0 Å². The molecule has 2 rings (SSSR count). The van der Waals surface area contributed by atoms with Crippen molar-refractivity contribution in [3.05, 3.63) is 29.8 Å². The van der Waals surface area contributed by atoms with Crippen molar-refractivity contribution in [1.82, 2.24) is 0 Å². The number of hydrogen-bond donors (Lipinski definition) is 0. The van der Waals surface area contributed by atoms with Crippen LogP contribution in [0.5, 0.6) is 0 Å². The lowest BCUT2D eigenvalue weighted by molar-refractivity contribution is 0.949. The van der Waals surface area contributed by atoms with E-state index in [0.29, 0.717) is 5.88 Å². The number of alkyl halides is 1. The Hall–Kier alpha value is -0.690. The van der Waals surface area contributed by atoms with Gasteiger partial charge in [-0.1, -0.05) is 18.2 Å². The van der Waals surface area contributed by atoms with Gasteiger partial charge >= 0.3 is 0 Å². The van der Waals surface area contributed by atoms with Crippen LogP contribution in [0, 0.1) is 0 Å². The highest BCUT2D eigenvalue weighted by Gasteiger charge is 2.14. The molecule has 1 heterocycles. The van der Waals surface area contributed by atoms with Crippen molar-refractivity contribution in [3.8, 4) is 0 Å². The molecule has 1 saturated heterocycles. The van der Waals surface area contributed by atoms with Gasteiger partial charge in [-0.3, -0.25) is 0 Å². The Morgan fingerprint density at radius 1 is 1.15 bits per heavy atom. The zero-order valence-electron chi connectivity index (χ0n) is 7.67. The van der Waals surface area contributed by atoms with Crippen LogP contribution in [0.4, 0.5) is 5.69 Å². The quantitative estimate of drug-likeness (QED) is 0.656. The van der Waals surface area contributed by atoms with Gasteiger partial charge < -0.3 is 4.90 Å². The van der Waals surface area contributed by atoms with E-state index in [0.717, 1.165) is 0 Å². The average Bonchev–Trinajstić information content (AvgIpc) is 2.70.